The van der Waals surface area contributed by atoms with Gasteiger partial charge in [-0.05, 0) is 39.5 Å². The first-order valence-electron chi connectivity index (χ1n) is 5.77. The third-order valence-electron chi connectivity index (χ3n) is 2.55. The van der Waals surface area contributed by atoms with Gasteiger partial charge in [-0.2, -0.15) is 4.98 Å². The number of nitrogen functional groups attached to an aromatic ring is 1. The highest BCUT2D eigenvalue weighted by Gasteiger charge is 2.13. The van der Waals surface area contributed by atoms with Crippen molar-refractivity contribution in [1.29, 1.82) is 0 Å². The van der Waals surface area contributed by atoms with Crippen LogP contribution in [0.4, 0.5) is 5.69 Å². The Morgan fingerprint density at radius 2 is 2.15 bits per heavy atom. The molecule has 2 N–H and O–H groups in total. The highest BCUT2D eigenvalue weighted by Crippen LogP contribution is 2.32. The van der Waals surface area contributed by atoms with Gasteiger partial charge in [0.25, 0.3) is 5.89 Å². The molecular formula is C13H10BrN3OS2. The van der Waals surface area contributed by atoms with E-state index in [0.717, 1.165) is 14.2 Å². The number of anilines is 1. The van der Waals surface area contributed by atoms with Gasteiger partial charge in [0.1, 0.15) is 4.88 Å². The first-order valence-corrected chi connectivity index (χ1v) is 8.43. The number of benzene rings is 1. The number of aromatic nitrogens is 2. The number of thiophene rings is 1. The third kappa shape index (κ3) is 2.89. The van der Waals surface area contributed by atoms with Crippen molar-refractivity contribution in [2.24, 2.45) is 0 Å². The Labute approximate surface area is 132 Å². The van der Waals surface area contributed by atoms with Gasteiger partial charge in [-0.15, -0.1) is 23.1 Å². The molecule has 2 aromatic heterocycles. The van der Waals surface area contributed by atoms with Gasteiger partial charge in [0, 0.05) is 9.37 Å². The molecule has 0 radical (unpaired) electrons. The Hall–Kier alpha value is -1.31. The Kier molecular flexibility index (Phi) is 4.09. The van der Waals surface area contributed by atoms with Gasteiger partial charge in [-0.3, -0.25) is 0 Å². The number of halogens is 1. The van der Waals surface area contributed by atoms with Gasteiger partial charge < -0.3 is 10.3 Å². The Morgan fingerprint density at radius 3 is 2.90 bits per heavy atom. The predicted molar refractivity (Wildman–Crippen MR) is 85.7 cm³/mol. The van der Waals surface area contributed by atoms with Crippen molar-refractivity contribution in [1.82, 2.24) is 10.1 Å². The average molecular weight is 368 g/mol. The molecule has 0 aliphatic heterocycles. The van der Waals surface area contributed by atoms with Crippen LogP contribution in [-0.2, 0) is 5.75 Å². The summed E-state index contributed by atoms with van der Waals surface area (Å²) in [6, 6.07) is 9.88. The fourth-order valence-electron chi connectivity index (χ4n) is 1.60. The molecule has 3 aromatic rings. The number of nitrogens with zero attached hydrogens (tertiary/aromatic N) is 2. The molecule has 0 saturated heterocycles. The molecule has 102 valence electrons. The van der Waals surface area contributed by atoms with Crippen molar-refractivity contribution in [3.05, 3.63) is 46.0 Å². The molecule has 0 fully saturated rings. The second kappa shape index (κ2) is 5.99. The van der Waals surface area contributed by atoms with E-state index in [1.807, 2.05) is 35.7 Å². The van der Waals surface area contributed by atoms with E-state index < -0.39 is 0 Å². The second-order valence-corrected chi connectivity index (χ2v) is 6.73. The SMILES string of the molecule is Nc1ccsc1-c1nc(CSc2ccccc2Br)no1. The number of nitrogens with two attached hydrogens (primary N) is 1. The summed E-state index contributed by atoms with van der Waals surface area (Å²) in [5.41, 5.74) is 6.51. The molecule has 0 bridgehead atoms. The summed E-state index contributed by atoms with van der Waals surface area (Å²) in [4.78, 5) is 6.35. The summed E-state index contributed by atoms with van der Waals surface area (Å²) in [5, 5.41) is 5.89. The molecule has 0 unspecified atom stereocenters. The van der Waals surface area contributed by atoms with Gasteiger partial charge in [0.05, 0.1) is 11.4 Å². The lowest BCUT2D eigenvalue weighted by atomic mass is 10.4. The minimum Gasteiger partial charge on any atom is -0.397 e. The summed E-state index contributed by atoms with van der Waals surface area (Å²) >= 11 is 6.67. The van der Waals surface area contributed by atoms with Crippen molar-refractivity contribution in [2.45, 2.75) is 10.6 Å². The molecule has 0 spiro atoms. The molecule has 0 saturated carbocycles. The van der Waals surface area contributed by atoms with E-state index in [-0.39, 0.29) is 0 Å². The maximum Gasteiger partial charge on any atom is 0.270 e. The zero-order chi connectivity index (χ0) is 13.9. The van der Waals surface area contributed by atoms with Crippen LogP contribution in [0.1, 0.15) is 5.82 Å². The summed E-state index contributed by atoms with van der Waals surface area (Å²) in [6.07, 6.45) is 0. The van der Waals surface area contributed by atoms with E-state index >= 15 is 0 Å². The number of hydrogen-bond donors (Lipinski definition) is 1. The smallest absolute Gasteiger partial charge is 0.270 e. The van der Waals surface area contributed by atoms with Crippen LogP contribution in [0.15, 0.2) is 49.6 Å². The Bertz CT molecular complexity index is 726. The zero-order valence-electron chi connectivity index (χ0n) is 10.2. The van der Waals surface area contributed by atoms with E-state index in [2.05, 4.69) is 26.1 Å². The van der Waals surface area contributed by atoms with Gasteiger partial charge in [0.15, 0.2) is 5.82 Å². The minimum absolute atomic E-state index is 0.486. The van der Waals surface area contributed by atoms with Crippen LogP contribution in [0, 0.1) is 0 Å². The van der Waals surface area contributed by atoms with Gasteiger partial charge in [-0.25, -0.2) is 0 Å². The fraction of sp³-hybridized carbons (Fsp3) is 0.0769. The van der Waals surface area contributed by atoms with Crippen molar-refractivity contribution in [2.75, 3.05) is 5.73 Å². The van der Waals surface area contributed by atoms with Crippen molar-refractivity contribution < 1.29 is 4.52 Å². The molecule has 7 heteroatoms. The molecular weight excluding hydrogens is 358 g/mol. The summed E-state index contributed by atoms with van der Waals surface area (Å²) < 4.78 is 6.32. The normalized spacial score (nSPS) is 10.8. The molecule has 0 aliphatic rings. The monoisotopic (exact) mass is 367 g/mol. The molecule has 2 heterocycles. The van der Waals surface area contributed by atoms with E-state index in [9.17, 15) is 0 Å². The van der Waals surface area contributed by atoms with Gasteiger partial charge in [-0.1, -0.05) is 17.3 Å². The largest absolute Gasteiger partial charge is 0.397 e. The Morgan fingerprint density at radius 1 is 1.30 bits per heavy atom. The van der Waals surface area contributed by atoms with Crippen LogP contribution in [0.2, 0.25) is 0 Å². The molecule has 20 heavy (non-hydrogen) atoms. The molecule has 4 nitrogen and oxygen atoms in total. The highest BCUT2D eigenvalue weighted by molar-refractivity contribution is 9.10. The van der Waals surface area contributed by atoms with E-state index in [1.165, 1.54) is 11.3 Å². The van der Waals surface area contributed by atoms with Crippen molar-refractivity contribution in [3.8, 4) is 10.8 Å². The number of thioether (sulfide) groups is 1. The second-order valence-electron chi connectivity index (χ2n) is 3.94. The van der Waals surface area contributed by atoms with Crippen LogP contribution < -0.4 is 5.73 Å². The zero-order valence-corrected chi connectivity index (χ0v) is 13.5. The van der Waals surface area contributed by atoms with Crippen molar-refractivity contribution in [3.63, 3.8) is 0 Å². The summed E-state index contributed by atoms with van der Waals surface area (Å²) in [7, 11) is 0. The van der Waals surface area contributed by atoms with Crippen LogP contribution >= 0.6 is 39.0 Å². The Balaban J connectivity index is 1.72. The molecule has 0 aliphatic carbocycles. The van der Waals surface area contributed by atoms with Crippen LogP contribution in [0.3, 0.4) is 0 Å². The molecule has 0 atom stereocenters. The maximum atomic E-state index is 5.84. The quantitative estimate of drug-likeness (QED) is 0.690. The molecule has 1 aromatic carbocycles. The van der Waals surface area contributed by atoms with E-state index in [1.54, 1.807) is 11.8 Å². The van der Waals surface area contributed by atoms with Crippen LogP contribution in [0.5, 0.6) is 0 Å². The molecule has 0 amide bonds. The van der Waals surface area contributed by atoms with Gasteiger partial charge >= 0.3 is 0 Å². The lowest BCUT2D eigenvalue weighted by molar-refractivity contribution is 0.426. The highest BCUT2D eigenvalue weighted by atomic mass is 79.9. The van der Waals surface area contributed by atoms with E-state index in [4.69, 9.17) is 10.3 Å². The predicted octanol–water partition coefficient (Wildman–Crippen LogP) is 4.44. The van der Waals surface area contributed by atoms with Crippen molar-refractivity contribution >= 4 is 44.7 Å². The fourth-order valence-corrected chi connectivity index (χ4v) is 3.75. The maximum absolute atomic E-state index is 5.84. The summed E-state index contributed by atoms with van der Waals surface area (Å²) in [5.74, 6) is 1.80. The average Bonchev–Trinajstić information content (AvgIpc) is 3.06. The minimum atomic E-state index is 0.486. The van der Waals surface area contributed by atoms with Gasteiger partial charge in [0.2, 0.25) is 0 Å². The topological polar surface area (TPSA) is 64.9 Å². The molecule has 3 rings (SSSR count). The lowest BCUT2D eigenvalue weighted by Crippen LogP contribution is -1.86. The first kappa shape index (κ1) is 13.7. The summed E-state index contributed by atoms with van der Waals surface area (Å²) in [6.45, 7) is 0. The van der Waals surface area contributed by atoms with E-state index in [0.29, 0.717) is 23.2 Å². The number of rotatable bonds is 4. The third-order valence-corrected chi connectivity index (χ3v) is 5.49. The van der Waals surface area contributed by atoms with Crippen LogP contribution in [-0.4, -0.2) is 10.1 Å². The number of hydrogen-bond acceptors (Lipinski definition) is 6. The van der Waals surface area contributed by atoms with Crippen LogP contribution in [0.25, 0.3) is 10.8 Å². The standard InChI is InChI=1S/C13H10BrN3OS2/c14-8-3-1-2-4-10(8)20-7-11-16-13(18-17-11)12-9(15)5-6-19-12/h1-6H,7,15H2. The lowest BCUT2D eigenvalue weighted by Gasteiger charge is -2.00. The first-order chi connectivity index (χ1) is 9.74.